The molecule has 22 heavy (non-hydrogen) atoms. The molecular formula is C16H24N4OS. The number of thiazole rings is 1. The van der Waals surface area contributed by atoms with Gasteiger partial charge in [0, 0.05) is 36.9 Å². The highest BCUT2D eigenvalue weighted by Crippen LogP contribution is 2.47. The van der Waals surface area contributed by atoms with Crippen molar-refractivity contribution in [3.05, 3.63) is 15.6 Å². The highest BCUT2D eigenvalue weighted by molar-refractivity contribution is 7.11. The Morgan fingerprint density at radius 3 is 2.55 bits per heavy atom. The molecule has 0 aliphatic carbocycles. The fourth-order valence-corrected chi connectivity index (χ4v) is 5.24. The SMILES string of the molecule is CN=C(NCc1sc(C)nc1C)N1CC2C3CCC(O3)C2C1. The van der Waals surface area contributed by atoms with Crippen molar-refractivity contribution in [2.45, 2.75) is 45.4 Å². The summed E-state index contributed by atoms with van der Waals surface area (Å²) >= 11 is 1.77. The lowest BCUT2D eigenvalue weighted by Gasteiger charge is -2.23. The van der Waals surface area contributed by atoms with E-state index < -0.39 is 0 Å². The van der Waals surface area contributed by atoms with Gasteiger partial charge in [-0.15, -0.1) is 11.3 Å². The summed E-state index contributed by atoms with van der Waals surface area (Å²) in [5.41, 5.74) is 1.13. The maximum atomic E-state index is 6.06. The van der Waals surface area contributed by atoms with Gasteiger partial charge >= 0.3 is 0 Å². The molecule has 4 heterocycles. The predicted molar refractivity (Wildman–Crippen MR) is 88.2 cm³/mol. The third kappa shape index (κ3) is 2.33. The zero-order chi connectivity index (χ0) is 15.3. The number of fused-ring (bicyclic) bond motifs is 5. The average Bonchev–Trinajstić information content (AvgIpc) is 3.21. The minimum absolute atomic E-state index is 0.504. The number of aryl methyl sites for hydroxylation is 2. The van der Waals surface area contributed by atoms with E-state index in [1.807, 2.05) is 7.05 Å². The van der Waals surface area contributed by atoms with Crippen molar-refractivity contribution in [3.63, 3.8) is 0 Å². The van der Waals surface area contributed by atoms with Gasteiger partial charge in [0.25, 0.3) is 0 Å². The molecule has 5 nitrogen and oxygen atoms in total. The molecule has 1 N–H and O–H groups in total. The molecule has 1 aromatic heterocycles. The molecule has 0 saturated carbocycles. The number of hydrogen-bond acceptors (Lipinski definition) is 4. The van der Waals surface area contributed by atoms with Crippen LogP contribution in [0.3, 0.4) is 0 Å². The predicted octanol–water partition coefficient (Wildman–Crippen LogP) is 1.94. The highest BCUT2D eigenvalue weighted by Gasteiger charge is 2.53. The summed E-state index contributed by atoms with van der Waals surface area (Å²) in [5, 5.41) is 4.66. The minimum atomic E-state index is 0.504. The van der Waals surface area contributed by atoms with Crippen LogP contribution in [0.4, 0.5) is 0 Å². The second-order valence-corrected chi connectivity index (χ2v) is 7.95. The monoisotopic (exact) mass is 320 g/mol. The Balaban J connectivity index is 1.40. The van der Waals surface area contributed by atoms with Crippen LogP contribution in [0.2, 0.25) is 0 Å². The highest BCUT2D eigenvalue weighted by atomic mass is 32.1. The Morgan fingerprint density at radius 2 is 2.00 bits per heavy atom. The molecule has 0 spiro atoms. The van der Waals surface area contributed by atoms with Gasteiger partial charge < -0.3 is 15.0 Å². The summed E-state index contributed by atoms with van der Waals surface area (Å²) in [6.07, 6.45) is 3.52. The Bertz CT molecular complexity index is 581. The summed E-state index contributed by atoms with van der Waals surface area (Å²) < 4.78 is 6.06. The van der Waals surface area contributed by atoms with Crippen LogP contribution in [-0.4, -0.2) is 48.2 Å². The van der Waals surface area contributed by atoms with Gasteiger partial charge in [-0.1, -0.05) is 0 Å². The van der Waals surface area contributed by atoms with Gasteiger partial charge in [0.1, 0.15) is 0 Å². The van der Waals surface area contributed by atoms with E-state index in [2.05, 4.69) is 34.0 Å². The van der Waals surface area contributed by atoms with Crippen LogP contribution in [0.1, 0.15) is 28.4 Å². The van der Waals surface area contributed by atoms with Crippen LogP contribution in [0, 0.1) is 25.7 Å². The molecule has 3 saturated heterocycles. The van der Waals surface area contributed by atoms with Crippen molar-refractivity contribution >= 4 is 17.3 Å². The molecule has 1 aromatic rings. The van der Waals surface area contributed by atoms with Gasteiger partial charge in [-0.2, -0.15) is 0 Å². The summed E-state index contributed by atoms with van der Waals surface area (Å²) in [5.74, 6) is 2.45. The average molecular weight is 320 g/mol. The van der Waals surface area contributed by atoms with Gasteiger partial charge in [0.15, 0.2) is 5.96 Å². The molecule has 0 radical (unpaired) electrons. The Morgan fingerprint density at radius 1 is 1.32 bits per heavy atom. The first-order valence-corrected chi connectivity index (χ1v) is 9.01. The smallest absolute Gasteiger partial charge is 0.193 e. The molecule has 6 heteroatoms. The van der Waals surface area contributed by atoms with E-state index in [1.165, 1.54) is 17.7 Å². The Hall–Kier alpha value is -1.14. The zero-order valence-electron chi connectivity index (χ0n) is 13.5. The molecule has 3 aliphatic rings. The molecular weight excluding hydrogens is 296 g/mol. The fourth-order valence-electron chi connectivity index (χ4n) is 4.36. The second-order valence-electron chi connectivity index (χ2n) is 6.67. The topological polar surface area (TPSA) is 49.8 Å². The molecule has 3 aliphatic heterocycles. The third-order valence-electron chi connectivity index (χ3n) is 5.37. The van der Waals surface area contributed by atoms with Crippen LogP contribution in [0.5, 0.6) is 0 Å². The molecule has 4 atom stereocenters. The standard InChI is InChI=1S/C16H24N4OS/c1-9-15(22-10(2)19-9)6-18-16(17-3)20-7-11-12(8-20)14-5-4-13(11)21-14/h11-14H,4-8H2,1-3H3,(H,17,18). The first-order valence-electron chi connectivity index (χ1n) is 8.19. The fraction of sp³-hybridized carbons (Fsp3) is 0.750. The van der Waals surface area contributed by atoms with E-state index in [1.54, 1.807) is 11.3 Å². The molecule has 0 aromatic carbocycles. The quantitative estimate of drug-likeness (QED) is 0.668. The van der Waals surface area contributed by atoms with Crippen LogP contribution < -0.4 is 5.32 Å². The first-order chi connectivity index (χ1) is 10.7. The molecule has 4 rings (SSSR count). The lowest BCUT2D eigenvalue weighted by Crippen LogP contribution is -2.40. The van der Waals surface area contributed by atoms with Gasteiger partial charge in [-0.25, -0.2) is 4.98 Å². The summed E-state index contributed by atoms with van der Waals surface area (Å²) in [4.78, 5) is 12.7. The number of hydrogen-bond donors (Lipinski definition) is 1. The van der Waals surface area contributed by atoms with E-state index in [-0.39, 0.29) is 0 Å². The summed E-state index contributed by atoms with van der Waals surface area (Å²) in [6.45, 7) is 7.14. The lowest BCUT2D eigenvalue weighted by atomic mass is 9.82. The van der Waals surface area contributed by atoms with Crippen LogP contribution >= 0.6 is 11.3 Å². The number of nitrogens with zero attached hydrogens (tertiary/aromatic N) is 3. The number of likely N-dealkylation sites (tertiary alicyclic amines) is 1. The molecule has 2 bridgehead atoms. The maximum Gasteiger partial charge on any atom is 0.193 e. The van der Waals surface area contributed by atoms with E-state index in [0.717, 1.165) is 36.3 Å². The number of rotatable bonds is 2. The minimum Gasteiger partial charge on any atom is -0.374 e. The summed E-state index contributed by atoms with van der Waals surface area (Å²) in [7, 11) is 1.88. The van der Waals surface area contributed by atoms with Crippen molar-refractivity contribution in [1.29, 1.82) is 0 Å². The van der Waals surface area contributed by atoms with Gasteiger partial charge in [0.2, 0.25) is 0 Å². The van der Waals surface area contributed by atoms with Crippen molar-refractivity contribution in [3.8, 4) is 0 Å². The van der Waals surface area contributed by atoms with Gasteiger partial charge in [-0.05, 0) is 26.7 Å². The van der Waals surface area contributed by atoms with E-state index >= 15 is 0 Å². The second kappa shape index (κ2) is 5.49. The van der Waals surface area contributed by atoms with Crippen LogP contribution in [0.25, 0.3) is 0 Å². The number of ether oxygens (including phenoxy) is 1. The molecule has 3 fully saturated rings. The first kappa shape index (κ1) is 14.5. The normalized spacial score (nSPS) is 33.6. The van der Waals surface area contributed by atoms with Gasteiger partial charge in [0.05, 0.1) is 29.5 Å². The molecule has 120 valence electrons. The maximum absolute atomic E-state index is 6.06. The molecule has 0 amide bonds. The number of aliphatic imine (C=N–C) groups is 1. The van der Waals surface area contributed by atoms with E-state index in [4.69, 9.17) is 4.74 Å². The Kier molecular flexibility index (Phi) is 3.61. The van der Waals surface area contributed by atoms with Gasteiger partial charge in [-0.3, -0.25) is 4.99 Å². The third-order valence-corrected chi connectivity index (χ3v) is 6.44. The van der Waals surface area contributed by atoms with Crippen LogP contribution in [0.15, 0.2) is 4.99 Å². The number of guanidine groups is 1. The van der Waals surface area contributed by atoms with E-state index in [9.17, 15) is 0 Å². The van der Waals surface area contributed by atoms with Crippen molar-refractivity contribution < 1.29 is 4.74 Å². The number of aromatic nitrogens is 1. The zero-order valence-corrected chi connectivity index (χ0v) is 14.3. The van der Waals surface area contributed by atoms with E-state index in [0.29, 0.717) is 24.0 Å². The number of nitrogens with one attached hydrogen (secondary N) is 1. The van der Waals surface area contributed by atoms with Crippen molar-refractivity contribution in [2.24, 2.45) is 16.8 Å². The Labute approximate surface area is 135 Å². The van der Waals surface area contributed by atoms with Crippen LogP contribution in [-0.2, 0) is 11.3 Å². The van der Waals surface area contributed by atoms with Crippen molar-refractivity contribution in [2.75, 3.05) is 20.1 Å². The largest absolute Gasteiger partial charge is 0.374 e. The van der Waals surface area contributed by atoms with Crippen molar-refractivity contribution in [1.82, 2.24) is 15.2 Å². The lowest BCUT2D eigenvalue weighted by molar-refractivity contribution is 0.0767. The molecule has 4 unspecified atom stereocenters. The summed E-state index contributed by atoms with van der Waals surface area (Å²) in [6, 6.07) is 0.